The van der Waals surface area contributed by atoms with Crippen molar-refractivity contribution in [2.75, 3.05) is 27.7 Å². The van der Waals surface area contributed by atoms with Crippen LogP contribution in [0.1, 0.15) is 19.8 Å². The fourth-order valence-corrected chi connectivity index (χ4v) is 2.28. The third kappa shape index (κ3) is 2.76. The van der Waals surface area contributed by atoms with Crippen molar-refractivity contribution in [1.82, 2.24) is 0 Å². The van der Waals surface area contributed by atoms with Crippen LogP contribution in [-0.4, -0.2) is 43.4 Å². The normalized spacial score (nSPS) is 37.2. The summed E-state index contributed by atoms with van der Waals surface area (Å²) < 4.78 is 1.02. The molecule has 0 aromatic heterocycles. The van der Waals surface area contributed by atoms with Crippen LogP contribution in [0.3, 0.4) is 0 Å². The van der Waals surface area contributed by atoms with Crippen LogP contribution in [0.15, 0.2) is 0 Å². The van der Waals surface area contributed by atoms with Gasteiger partial charge in [-0.3, -0.25) is 0 Å². The van der Waals surface area contributed by atoms with Crippen molar-refractivity contribution in [2.24, 2.45) is 11.8 Å². The number of hydrogen-bond acceptors (Lipinski definition) is 1. The number of hydrogen-bond donors (Lipinski definition) is 1. The predicted octanol–water partition coefficient (Wildman–Crippen LogP) is 1.10. The lowest BCUT2D eigenvalue weighted by atomic mass is 10.1. The average Bonchev–Trinajstić information content (AvgIpc) is 2.07. The topological polar surface area (TPSA) is 20.2 Å². The molecule has 0 unspecified atom stereocenters. The predicted molar refractivity (Wildman–Crippen MR) is 50.8 cm³/mol. The van der Waals surface area contributed by atoms with E-state index in [-0.39, 0.29) is 6.10 Å². The van der Waals surface area contributed by atoms with Crippen molar-refractivity contribution >= 4 is 0 Å². The van der Waals surface area contributed by atoms with Gasteiger partial charge in [0, 0.05) is 5.92 Å². The van der Waals surface area contributed by atoms with E-state index in [1.54, 1.807) is 0 Å². The number of nitrogens with zero attached hydrogens (tertiary/aromatic N) is 1. The third-order valence-electron chi connectivity index (χ3n) is 2.74. The standard InChI is InChI=1S/C10H22NO/c1-8-5-9(6-10(8)12)7-11(2,3)4/h8-10,12H,5-7H2,1-4H3/q+1/t8-,9+,10-/m0/s1. The molecule has 1 N–H and O–H groups in total. The van der Waals surface area contributed by atoms with Gasteiger partial charge in [0.2, 0.25) is 0 Å². The quantitative estimate of drug-likeness (QED) is 0.618. The summed E-state index contributed by atoms with van der Waals surface area (Å²) in [4.78, 5) is 0. The van der Waals surface area contributed by atoms with Crippen molar-refractivity contribution in [2.45, 2.75) is 25.9 Å². The molecule has 72 valence electrons. The minimum atomic E-state index is -0.0402. The molecule has 2 heteroatoms. The zero-order chi connectivity index (χ0) is 9.35. The van der Waals surface area contributed by atoms with E-state index in [1.165, 1.54) is 13.0 Å². The highest BCUT2D eigenvalue weighted by Gasteiger charge is 2.32. The molecular weight excluding hydrogens is 150 g/mol. The number of aliphatic hydroxyl groups is 1. The maximum absolute atomic E-state index is 9.56. The molecule has 0 saturated heterocycles. The summed E-state index contributed by atoms with van der Waals surface area (Å²) in [5.74, 6) is 1.25. The Balaban J connectivity index is 2.38. The van der Waals surface area contributed by atoms with Crippen LogP contribution in [0.4, 0.5) is 0 Å². The summed E-state index contributed by atoms with van der Waals surface area (Å²) in [7, 11) is 6.65. The van der Waals surface area contributed by atoms with Gasteiger partial charge in [0.15, 0.2) is 0 Å². The van der Waals surface area contributed by atoms with Crippen molar-refractivity contribution < 1.29 is 9.59 Å². The van der Waals surface area contributed by atoms with E-state index in [0.717, 1.165) is 16.8 Å². The van der Waals surface area contributed by atoms with Crippen molar-refractivity contribution in [3.63, 3.8) is 0 Å². The van der Waals surface area contributed by atoms with Gasteiger partial charge in [0.05, 0.1) is 33.8 Å². The second-order valence-corrected chi connectivity index (χ2v) is 5.35. The largest absolute Gasteiger partial charge is 0.393 e. The first kappa shape index (κ1) is 10.0. The van der Waals surface area contributed by atoms with E-state index in [2.05, 4.69) is 28.1 Å². The summed E-state index contributed by atoms with van der Waals surface area (Å²) in [6.45, 7) is 3.35. The molecule has 1 aliphatic carbocycles. The first-order chi connectivity index (χ1) is 5.38. The summed E-state index contributed by atoms with van der Waals surface area (Å²) in [5, 5.41) is 9.56. The smallest absolute Gasteiger partial charge is 0.0810 e. The van der Waals surface area contributed by atoms with Crippen LogP contribution in [0.2, 0.25) is 0 Å². The Hall–Kier alpha value is -0.0800. The third-order valence-corrected chi connectivity index (χ3v) is 2.74. The summed E-state index contributed by atoms with van der Waals surface area (Å²) in [6, 6.07) is 0. The van der Waals surface area contributed by atoms with E-state index in [4.69, 9.17) is 0 Å². The lowest BCUT2D eigenvalue weighted by Crippen LogP contribution is -2.38. The van der Waals surface area contributed by atoms with E-state index in [1.807, 2.05) is 0 Å². The monoisotopic (exact) mass is 172 g/mol. The molecule has 0 amide bonds. The summed E-state index contributed by atoms with van der Waals surface area (Å²) >= 11 is 0. The Kier molecular flexibility index (Phi) is 2.79. The van der Waals surface area contributed by atoms with Gasteiger partial charge in [-0.05, 0) is 18.8 Å². The van der Waals surface area contributed by atoms with Crippen LogP contribution in [0.25, 0.3) is 0 Å². The molecule has 0 heterocycles. The molecule has 1 fully saturated rings. The second kappa shape index (κ2) is 3.35. The highest BCUT2D eigenvalue weighted by molar-refractivity contribution is 4.80. The van der Waals surface area contributed by atoms with E-state index >= 15 is 0 Å². The highest BCUT2D eigenvalue weighted by atomic mass is 16.3. The van der Waals surface area contributed by atoms with Crippen LogP contribution < -0.4 is 0 Å². The fraction of sp³-hybridized carbons (Fsp3) is 1.00. The highest BCUT2D eigenvalue weighted by Crippen LogP contribution is 2.31. The molecule has 1 aliphatic rings. The average molecular weight is 172 g/mol. The van der Waals surface area contributed by atoms with Gasteiger partial charge in [0.25, 0.3) is 0 Å². The Labute approximate surface area is 75.8 Å². The van der Waals surface area contributed by atoms with E-state index in [9.17, 15) is 5.11 Å². The minimum Gasteiger partial charge on any atom is -0.393 e. The van der Waals surface area contributed by atoms with Gasteiger partial charge >= 0.3 is 0 Å². The minimum absolute atomic E-state index is 0.0402. The van der Waals surface area contributed by atoms with Crippen LogP contribution in [0.5, 0.6) is 0 Å². The number of rotatable bonds is 2. The maximum atomic E-state index is 9.56. The fourth-order valence-electron chi connectivity index (χ4n) is 2.28. The maximum Gasteiger partial charge on any atom is 0.0810 e. The van der Waals surface area contributed by atoms with Gasteiger partial charge < -0.3 is 9.59 Å². The van der Waals surface area contributed by atoms with Crippen molar-refractivity contribution in [3.05, 3.63) is 0 Å². The summed E-state index contributed by atoms with van der Waals surface area (Å²) in [6.07, 6.45) is 2.18. The molecule has 0 aromatic carbocycles. The SMILES string of the molecule is C[C@H]1C[C@@H](C[N+](C)(C)C)C[C@@H]1O. The first-order valence-electron chi connectivity index (χ1n) is 4.87. The molecule has 0 aliphatic heterocycles. The number of quaternary nitrogens is 1. The summed E-state index contributed by atoms with van der Waals surface area (Å²) in [5.41, 5.74) is 0. The molecule has 0 radical (unpaired) electrons. The molecule has 0 bridgehead atoms. The zero-order valence-electron chi connectivity index (χ0n) is 8.75. The lowest BCUT2D eigenvalue weighted by Gasteiger charge is -2.27. The van der Waals surface area contributed by atoms with Gasteiger partial charge in [-0.15, -0.1) is 0 Å². The van der Waals surface area contributed by atoms with Gasteiger partial charge in [-0.1, -0.05) is 6.92 Å². The van der Waals surface area contributed by atoms with Gasteiger partial charge in [-0.25, -0.2) is 0 Å². The van der Waals surface area contributed by atoms with Gasteiger partial charge in [0.1, 0.15) is 0 Å². The Bertz CT molecular complexity index is 140. The molecule has 0 aromatic rings. The molecule has 2 nitrogen and oxygen atoms in total. The van der Waals surface area contributed by atoms with Gasteiger partial charge in [-0.2, -0.15) is 0 Å². The van der Waals surface area contributed by atoms with Crippen LogP contribution in [-0.2, 0) is 0 Å². The molecule has 0 spiro atoms. The van der Waals surface area contributed by atoms with Crippen molar-refractivity contribution in [3.8, 4) is 0 Å². The zero-order valence-corrected chi connectivity index (χ0v) is 8.75. The molecule has 1 saturated carbocycles. The number of aliphatic hydroxyl groups excluding tert-OH is 1. The first-order valence-corrected chi connectivity index (χ1v) is 4.87. The van der Waals surface area contributed by atoms with Crippen molar-refractivity contribution in [1.29, 1.82) is 0 Å². The molecular formula is C10H22NO+. The molecule has 3 atom stereocenters. The Morgan fingerprint density at radius 3 is 2.17 bits per heavy atom. The molecule has 12 heavy (non-hydrogen) atoms. The Morgan fingerprint density at radius 1 is 1.25 bits per heavy atom. The second-order valence-electron chi connectivity index (χ2n) is 5.35. The van der Waals surface area contributed by atoms with E-state index in [0.29, 0.717) is 5.92 Å². The van der Waals surface area contributed by atoms with Crippen LogP contribution in [0, 0.1) is 11.8 Å². The van der Waals surface area contributed by atoms with E-state index < -0.39 is 0 Å². The Morgan fingerprint density at radius 2 is 1.83 bits per heavy atom. The molecule has 1 rings (SSSR count). The lowest BCUT2D eigenvalue weighted by molar-refractivity contribution is -0.873. The van der Waals surface area contributed by atoms with Crippen LogP contribution >= 0.6 is 0 Å².